The quantitative estimate of drug-likeness (QED) is 0.552. The minimum absolute atomic E-state index is 0.917. The molecule has 1 fully saturated rings. The van der Waals surface area contributed by atoms with Gasteiger partial charge in [0.25, 0.3) is 0 Å². The summed E-state index contributed by atoms with van der Waals surface area (Å²) < 4.78 is 0. The molecule has 60 valence electrons. The minimum Gasteiger partial charge on any atom is -0.376 e. The van der Waals surface area contributed by atoms with Crippen LogP contribution in [0, 0.1) is 5.92 Å². The lowest BCUT2D eigenvalue weighted by atomic mass is 10.0. The number of allylic oxidation sites excluding steroid dienone is 2. The Kier molecular flexibility index (Phi) is 1.52. The van der Waals surface area contributed by atoms with Gasteiger partial charge < -0.3 is 4.90 Å². The molecule has 1 aliphatic carbocycles. The van der Waals surface area contributed by atoms with Gasteiger partial charge in [-0.1, -0.05) is 5.57 Å². The van der Waals surface area contributed by atoms with E-state index in [9.17, 15) is 0 Å². The van der Waals surface area contributed by atoms with Crippen molar-refractivity contribution >= 4 is 0 Å². The fourth-order valence-electron chi connectivity index (χ4n) is 1.75. The van der Waals surface area contributed by atoms with Gasteiger partial charge in [-0.05, 0) is 43.5 Å². The molecule has 0 aromatic rings. The van der Waals surface area contributed by atoms with Crippen LogP contribution in [-0.4, -0.2) is 18.5 Å². The molecule has 2 rings (SSSR count). The molecule has 1 heterocycles. The largest absolute Gasteiger partial charge is 0.376 e. The van der Waals surface area contributed by atoms with Crippen molar-refractivity contribution in [2.24, 2.45) is 5.92 Å². The molecule has 11 heavy (non-hydrogen) atoms. The lowest BCUT2D eigenvalue weighted by Crippen LogP contribution is -2.17. The Balaban J connectivity index is 2.17. The summed E-state index contributed by atoms with van der Waals surface area (Å²) in [4.78, 5) is 2.24. The second kappa shape index (κ2) is 2.40. The van der Waals surface area contributed by atoms with E-state index in [1.165, 1.54) is 12.8 Å². The summed E-state index contributed by atoms with van der Waals surface area (Å²) in [7, 11) is 2.13. The predicted octanol–water partition coefficient (Wildman–Crippen LogP) is 2.17. The zero-order valence-electron chi connectivity index (χ0n) is 7.30. The van der Waals surface area contributed by atoms with Crippen LogP contribution in [0.2, 0.25) is 0 Å². The standard InChI is InChI=1S/C10H15N/c1-8-7-11(2)6-5-10(8)9-3-4-9/h5-6,9H,3-4,7H2,1-2H3. The smallest absolute Gasteiger partial charge is 0.0383 e. The van der Waals surface area contributed by atoms with Crippen molar-refractivity contribution in [1.82, 2.24) is 4.90 Å². The van der Waals surface area contributed by atoms with Gasteiger partial charge in [0.2, 0.25) is 0 Å². The zero-order valence-corrected chi connectivity index (χ0v) is 7.30. The van der Waals surface area contributed by atoms with Crippen molar-refractivity contribution in [2.75, 3.05) is 13.6 Å². The van der Waals surface area contributed by atoms with Gasteiger partial charge >= 0.3 is 0 Å². The van der Waals surface area contributed by atoms with Gasteiger partial charge in [0.05, 0.1) is 0 Å². The van der Waals surface area contributed by atoms with Gasteiger partial charge in [0.1, 0.15) is 0 Å². The maximum atomic E-state index is 2.29. The van der Waals surface area contributed by atoms with E-state index >= 15 is 0 Å². The zero-order chi connectivity index (χ0) is 7.84. The number of hydrogen-bond donors (Lipinski definition) is 0. The fourth-order valence-corrected chi connectivity index (χ4v) is 1.75. The SMILES string of the molecule is CC1=C(C2CC2)C=CN(C)C1. The predicted molar refractivity (Wildman–Crippen MR) is 47.2 cm³/mol. The molecule has 1 saturated carbocycles. The summed E-state index contributed by atoms with van der Waals surface area (Å²) in [5.41, 5.74) is 3.18. The maximum absolute atomic E-state index is 2.29. The number of rotatable bonds is 1. The first kappa shape index (κ1) is 6.96. The van der Waals surface area contributed by atoms with Crippen molar-refractivity contribution in [3.63, 3.8) is 0 Å². The van der Waals surface area contributed by atoms with E-state index in [0.29, 0.717) is 0 Å². The molecule has 1 aliphatic heterocycles. The summed E-state index contributed by atoms with van der Waals surface area (Å²) in [6.45, 7) is 3.38. The van der Waals surface area contributed by atoms with E-state index in [4.69, 9.17) is 0 Å². The van der Waals surface area contributed by atoms with Gasteiger partial charge in [-0.2, -0.15) is 0 Å². The Hall–Kier alpha value is -0.720. The van der Waals surface area contributed by atoms with Gasteiger partial charge in [-0.3, -0.25) is 0 Å². The van der Waals surface area contributed by atoms with Crippen LogP contribution in [0.25, 0.3) is 0 Å². The highest BCUT2D eigenvalue weighted by atomic mass is 15.1. The number of likely N-dealkylation sites (N-methyl/N-ethyl adjacent to an activating group) is 1. The number of nitrogens with zero attached hydrogens (tertiary/aromatic N) is 1. The molecule has 0 spiro atoms. The van der Waals surface area contributed by atoms with Crippen LogP contribution in [0.5, 0.6) is 0 Å². The van der Waals surface area contributed by atoms with E-state index in [1.807, 2.05) is 0 Å². The molecule has 0 bridgehead atoms. The first-order valence-corrected chi connectivity index (χ1v) is 4.35. The molecule has 0 aromatic carbocycles. The van der Waals surface area contributed by atoms with Crippen LogP contribution in [0.4, 0.5) is 0 Å². The summed E-state index contributed by atoms with van der Waals surface area (Å²) in [5, 5.41) is 0. The molecular formula is C10H15N. The van der Waals surface area contributed by atoms with E-state index in [2.05, 4.69) is 31.1 Å². The van der Waals surface area contributed by atoms with Crippen LogP contribution >= 0.6 is 0 Å². The second-order valence-electron chi connectivity index (χ2n) is 3.74. The Morgan fingerprint density at radius 1 is 1.45 bits per heavy atom. The molecule has 1 nitrogen and oxygen atoms in total. The van der Waals surface area contributed by atoms with Gasteiger partial charge in [0.15, 0.2) is 0 Å². The van der Waals surface area contributed by atoms with Crippen LogP contribution in [0.15, 0.2) is 23.4 Å². The highest BCUT2D eigenvalue weighted by molar-refractivity contribution is 5.33. The number of hydrogen-bond acceptors (Lipinski definition) is 1. The van der Waals surface area contributed by atoms with Crippen LogP contribution < -0.4 is 0 Å². The highest BCUT2D eigenvalue weighted by Crippen LogP contribution is 2.39. The normalized spacial score (nSPS) is 24.7. The third-order valence-corrected chi connectivity index (χ3v) is 2.51. The summed E-state index contributed by atoms with van der Waals surface area (Å²) in [5.74, 6) is 0.917. The molecule has 0 unspecified atom stereocenters. The van der Waals surface area contributed by atoms with Crippen molar-refractivity contribution in [3.8, 4) is 0 Å². The van der Waals surface area contributed by atoms with E-state index in [1.54, 1.807) is 11.1 Å². The average Bonchev–Trinajstić information content (AvgIpc) is 2.70. The maximum Gasteiger partial charge on any atom is 0.0383 e. The average molecular weight is 149 g/mol. The Bertz CT molecular complexity index is 221. The first-order chi connectivity index (χ1) is 5.27. The van der Waals surface area contributed by atoms with Crippen LogP contribution in [0.1, 0.15) is 19.8 Å². The lowest BCUT2D eigenvalue weighted by Gasteiger charge is -2.21. The summed E-state index contributed by atoms with van der Waals surface area (Å²) in [6.07, 6.45) is 7.32. The fraction of sp³-hybridized carbons (Fsp3) is 0.600. The van der Waals surface area contributed by atoms with Crippen molar-refractivity contribution in [2.45, 2.75) is 19.8 Å². The Morgan fingerprint density at radius 3 is 2.73 bits per heavy atom. The van der Waals surface area contributed by atoms with Crippen molar-refractivity contribution < 1.29 is 0 Å². The van der Waals surface area contributed by atoms with Gasteiger partial charge in [-0.15, -0.1) is 0 Å². The van der Waals surface area contributed by atoms with Crippen molar-refractivity contribution in [3.05, 3.63) is 23.4 Å². The molecule has 0 aromatic heterocycles. The molecule has 0 N–H and O–H groups in total. The molecule has 0 amide bonds. The van der Waals surface area contributed by atoms with E-state index in [-0.39, 0.29) is 0 Å². The van der Waals surface area contributed by atoms with Crippen LogP contribution in [-0.2, 0) is 0 Å². The molecule has 0 atom stereocenters. The third kappa shape index (κ3) is 1.32. The Labute approximate surface area is 68.4 Å². The molecule has 1 heteroatoms. The third-order valence-electron chi connectivity index (χ3n) is 2.51. The minimum atomic E-state index is 0.917. The molecular weight excluding hydrogens is 134 g/mol. The molecule has 2 aliphatic rings. The topological polar surface area (TPSA) is 3.24 Å². The highest BCUT2D eigenvalue weighted by Gasteiger charge is 2.26. The Morgan fingerprint density at radius 2 is 2.18 bits per heavy atom. The lowest BCUT2D eigenvalue weighted by molar-refractivity contribution is 0.485. The van der Waals surface area contributed by atoms with Crippen LogP contribution in [0.3, 0.4) is 0 Å². The first-order valence-electron chi connectivity index (χ1n) is 4.35. The summed E-state index contributed by atoms with van der Waals surface area (Å²) in [6, 6.07) is 0. The van der Waals surface area contributed by atoms with Gasteiger partial charge in [-0.25, -0.2) is 0 Å². The van der Waals surface area contributed by atoms with Gasteiger partial charge in [0, 0.05) is 13.6 Å². The molecule has 0 radical (unpaired) electrons. The van der Waals surface area contributed by atoms with E-state index in [0.717, 1.165) is 12.5 Å². The van der Waals surface area contributed by atoms with E-state index < -0.39 is 0 Å². The second-order valence-corrected chi connectivity index (χ2v) is 3.74. The monoisotopic (exact) mass is 149 g/mol. The van der Waals surface area contributed by atoms with Crippen molar-refractivity contribution in [1.29, 1.82) is 0 Å². The molecule has 0 saturated heterocycles. The summed E-state index contributed by atoms with van der Waals surface area (Å²) >= 11 is 0.